The van der Waals surface area contributed by atoms with Gasteiger partial charge in [-0.3, -0.25) is 4.79 Å². The first-order valence-corrected chi connectivity index (χ1v) is 8.02. The molecule has 0 aliphatic rings. The second-order valence-corrected chi connectivity index (χ2v) is 5.55. The van der Waals surface area contributed by atoms with Gasteiger partial charge in [-0.2, -0.15) is 11.8 Å². The van der Waals surface area contributed by atoms with Gasteiger partial charge in [-0.1, -0.05) is 5.16 Å². The average Bonchev–Trinajstić information content (AvgIpc) is 2.92. The summed E-state index contributed by atoms with van der Waals surface area (Å²) in [6.45, 7) is 1.67. The quantitative estimate of drug-likeness (QED) is 0.498. The number of ether oxygens (including phenoxy) is 1. The smallest absolute Gasteiger partial charge is 0.327 e. The van der Waals surface area contributed by atoms with Crippen molar-refractivity contribution in [2.24, 2.45) is 0 Å². The lowest BCUT2D eigenvalue weighted by Crippen LogP contribution is -2.53. The van der Waals surface area contributed by atoms with Crippen LogP contribution >= 0.6 is 11.8 Å². The molecule has 3 atom stereocenters. The molecule has 1 amide bonds. The summed E-state index contributed by atoms with van der Waals surface area (Å²) < 4.78 is 9.84. The summed E-state index contributed by atoms with van der Waals surface area (Å²) in [5.74, 6) is -0.911. The Morgan fingerprint density at radius 1 is 1.57 bits per heavy atom. The number of carbonyl (C=O) groups is 3. The summed E-state index contributed by atoms with van der Waals surface area (Å²) in [7, 11) is 1.27. The summed E-state index contributed by atoms with van der Waals surface area (Å²) in [5, 5.41) is 17.9. The molecule has 0 saturated heterocycles. The minimum absolute atomic E-state index is 0.190. The van der Waals surface area contributed by atoms with E-state index in [9.17, 15) is 14.4 Å². The fourth-order valence-corrected chi connectivity index (χ4v) is 2.32. The normalized spacial score (nSPS) is 14.6. The third kappa shape index (κ3) is 5.57. The monoisotopic (exact) mass is 345 g/mol. The molecule has 0 aromatic carbocycles. The van der Waals surface area contributed by atoms with Gasteiger partial charge in [0.1, 0.15) is 23.9 Å². The zero-order valence-electron chi connectivity index (χ0n) is 12.9. The summed E-state index contributed by atoms with van der Waals surface area (Å²) >= 11 is 1.27. The number of methoxy groups -OCH3 is 1. The van der Waals surface area contributed by atoms with Crippen LogP contribution in [-0.2, 0) is 19.1 Å². The zero-order valence-corrected chi connectivity index (χ0v) is 13.8. The maximum absolute atomic E-state index is 12.4. The van der Waals surface area contributed by atoms with E-state index in [0.717, 1.165) is 0 Å². The molecule has 0 aliphatic heterocycles. The highest BCUT2D eigenvalue weighted by Crippen LogP contribution is 2.11. The Labute approximate surface area is 137 Å². The van der Waals surface area contributed by atoms with E-state index in [0.29, 0.717) is 12.0 Å². The molecule has 1 aromatic heterocycles. The summed E-state index contributed by atoms with van der Waals surface area (Å²) in [6, 6.07) is -0.690. The van der Waals surface area contributed by atoms with Crippen LogP contribution in [0.2, 0.25) is 0 Å². The van der Waals surface area contributed by atoms with Crippen molar-refractivity contribution in [2.75, 3.05) is 24.4 Å². The Bertz CT molecular complexity index is 550. The number of carbonyl (C=O) groups excluding carboxylic acids is 2. The largest absolute Gasteiger partial charge is 0.480 e. The molecular formula is C13H19N3O6S. The molecule has 9 nitrogen and oxygen atoms in total. The molecule has 0 bridgehead atoms. The van der Waals surface area contributed by atoms with E-state index in [1.807, 2.05) is 0 Å². The second kappa shape index (κ2) is 9.16. The predicted molar refractivity (Wildman–Crippen MR) is 83.5 cm³/mol. The average molecular weight is 345 g/mol. The summed E-state index contributed by atoms with van der Waals surface area (Å²) in [4.78, 5) is 34.6. The molecule has 0 saturated carbocycles. The minimum atomic E-state index is -1.16. The van der Waals surface area contributed by atoms with Gasteiger partial charge in [0, 0.05) is 18.9 Å². The van der Waals surface area contributed by atoms with Crippen LogP contribution in [0.3, 0.4) is 0 Å². The number of carboxylic acids is 1. The highest BCUT2D eigenvalue weighted by atomic mass is 32.2. The molecule has 0 spiro atoms. The lowest BCUT2D eigenvalue weighted by molar-refractivity contribution is -0.141. The van der Waals surface area contributed by atoms with Crippen LogP contribution in [0.5, 0.6) is 0 Å². The second-order valence-electron chi connectivity index (χ2n) is 4.64. The van der Waals surface area contributed by atoms with Gasteiger partial charge in [0.2, 0.25) is 5.91 Å². The Balaban J connectivity index is 2.91. The number of carboxylic acid groups (broad SMARTS) is 1. The SMILES string of the molecule is COC(C=O)[C@H](Nc1cc(C)on1)C(=O)N[C@@H](CSC)C(=O)O. The number of hydrogen-bond acceptors (Lipinski definition) is 8. The predicted octanol–water partition coefficient (Wildman–Crippen LogP) is -0.0902. The van der Waals surface area contributed by atoms with Crippen LogP contribution in [0.15, 0.2) is 10.6 Å². The van der Waals surface area contributed by atoms with Crippen molar-refractivity contribution in [3.8, 4) is 0 Å². The maximum atomic E-state index is 12.4. The van der Waals surface area contributed by atoms with Gasteiger partial charge in [-0.15, -0.1) is 0 Å². The molecule has 0 aliphatic carbocycles. The van der Waals surface area contributed by atoms with Gasteiger partial charge >= 0.3 is 5.97 Å². The highest BCUT2D eigenvalue weighted by Gasteiger charge is 2.32. The van der Waals surface area contributed by atoms with Gasteiger partial charge in [-0.25, -0.2) is 4.79 Å². The lowest BCUT2D eigenvalue weighted by Gasteiger charge is -2.24. The van der Waals surface area contributed by atoms with Crippen molar-refractivity contribution in [3.05, 3.63) is 11.8 Å². The Hall–Kier alpha value is -2.07. The van der Waals surface area contributed by atoms with Crippen LogP contribution < -0.4 is 10.6 Å². The Kier molecular flexibility index (Phi) is 7.55. The van der Waals surface area contributed by atoms with E-state index >= 15 is 0 Å². The third-order valence-corrected chi connectivity index (χ3v) is 3.56. The van der Waals surface area contributed by atoms with Gasteiger partial charge in [0.15, 0.2) is 12.1 Å². The minimum Gasteiger partial charge on any atom is -0.480 e. The maximum Gasteiger partial charge on any atom is 0.327 e. The van der Waals surface area contributed by atoms with E-state index < -0.39 is 30.1 Å². The molecule has 1 heterocycles. The van der Waals surface area contributed by atoms with Crippen molar-refractivity contribution in [1.82, 2.24) is 10.5 Å². The first kappa shape index (κ1) is 19.0. The zero-order chi connectivity index (χ0) is 17.4. The van der Waals surface area contributed by atoms with E-state index in [2.05, 4.69) is 15.8 Å². The van der Waals surface area contributed by atoms with Crippen LogP contribution in [0, 0.1) is 6.92 Å². The first-order chi connectivity index (χ1) is 10.9. The van der Waals surface area contributed by atoms with Crippen molar-refractivity contribution >= 4 is 35.7 Å². The number of nitrogens with zero attached hydrogens (tertiary/aromatic N) is 1. The van der Waals surface area contributed by atoms with Crippen molar-refractivity contribution in [1.29, 1.82) is 0 Å². The number of aliphatic carboxylic acids is 1. The number of hydrogen-bond donors (Lipinski definition) is 3. The van der Waals surface area contributed by atoms with Crippen LogP contribution in [0.4, 0.5) is 5.82 Å². The number of thioether (sulfide) groups is 1. The molecule has 0 fully saturated rings. The molecule has 0 radical (unpaired) electrons. The number of nitrogens with one attached hydrogen (secondary N) is 2. The number of aldehydes is 1. The van der Waals surface area contributed by atoms with E-state index in [1.54, 1.807) is 13.2 Å². The van der Waals surface area contributed by atoms with Gasteiger partial charge in [0.05, 0.1) is 0 Å². The first-order valence-electron chi connectivity index (χ1n) is 6.63. The standard InChI is InChI=1S/C13H19N3O6S/c1-7-4-10(16-22-7)15-11(9(5-17)21-2)12(18)14-8(6-23-3)13(19)20/h4-5,8-9,11H,6H2,1-3H3,(H,14,18)(H,15,16)(H,19,20)/t8-,9?,11-/m0/s1. The lowest BCUT2D eigenvalue weighted by atomic mass is 10.1. The molecule has 1 rings (SSSR count). The summed E-state index contributed by atoms with van der Waals surface area (Å²) in [6.07, 6.45) is 1.06. The topological polar surface area (TPSA) is 131 Å². The van der Waals surface area contributed by atoms with Crippen molar-refractivity contribution < 1.29 is 28.8 Å². The molecule has 23 heavy (non-hydrogen) atoms. The van der Waals surface area contributed by atoms with Crippen LogP contribution in [-0.4, -0.2) is 65.7 Å². The van der Waals surface area contributed by atoms with Crippen LogP contribution in [0.25, 0.3) is 0 Å². The van der Waals surface area contributed by atoms with E-state index in [-0.39, 0.29) is 11.6 Å². The van der Waals surface area contributed by atoms with Gasteiger partial charge in [-0.05, 0) is 13.2 Å². The van der Waals surface area contributed by atoms with E-state index in [4.69, 9.17) is 14.4 Å². The van der Waals surface area contributed by atoms with Crippen molar-refractivity contribution in [3.63, 3.8) is 0 Å². The van der Waals surface area contributed by atoms with Gasteiger partial charge < -0.3 is 29.8 Å². The molecule has 128 valence electrons. The molecule has 1 aromatic rings. The third-order valence-electron chi connectivity index (χ3n) is 2.90. The number of amides is 1. The number of anilines is 1. The fraction of sp³-hybridized carbons (Fsp3) is 0.538. The fourth-order valence-electron chi connectivity index (χ4n) is 1.76. The Morgan fingerprint density at radius 3 is 2.70 bits per heavy atom. The molecule has 10 heteroatoms. The molecule has 1 unspecified atom stereocenters. The van der Waals surface area contributed by atoms with E-state index in [1.165, 1.54) is 24.9 Å². The molecule has 3 N–H and O–H groups in total. The number of aromatic nitrogens is 1. The number of rotatable bonds is 10. The summed E-state index contributed by atoms with van der Waals surface area (Å²) in [5.41, 5.74) is 0. The Morgan fingerprint density at radius 2 is 2.26 bits per heavy atom. The van der Waals surface area contributed by atoms with Crippen molar-refractivity contribution in [2.45, 2.75) is 25.1 Å². The number of aryl methyl sites for hydroxylation is 1. The van der Waals surface area contributed by atoms with Gasteiger partial charge in [0.25, 0.3) is 0 Å². The van der Waals surface area contributed by atoms with Crippen LogP contribution in [0.1, 0.15) is 5.76 Å². The molecular weight excluding hydrogens is 326 g/mol. The highest BCUT2D eigenvalue weighted by molar-refractivity contribution is 7.98.